The molecule has 19 heavy (non-hydrogen) atoms. The summed E-state index contributed by atoms with van der Waals surface area (Å²) in [6.45, 7) is -1.70. The van der Waals surface area contributed by atoms with E-state index in [9.17, 15) is 26.5 Å². The third-order valence-corrected chi connectivity index (χ3v) is 3.80. The van der Waals surface area contributed by atoms with Crippen LogP contribution in [0.4, 0.5) is 8.78 Å². The number of carbonyl (C=O) groups excluding carboxylic acids is 1. The molecule has 1 aliphatic rings. The van der Waals surface area contributed by atoms with Crippen LogP contribution in [0.25, 0.3) is 0 Å². The fraction of sp³-hybridized carbons (Fsp3) is 0.900. The van der Waals surface area contributed by atoms with Crippen LogP contribution in [-0.4, -0.2) is 30.8 Å². The van der Waals surface area contributed by atoms with Gasteiger partial charge in [-0.2, -0.15) is 8.78 Å². The zero-order valence-corrected chi connectivity index (χ0v) is 13.5. The van der Waals surface area contributed by atoms with Gasteiger partial charge in [-0.3, -0.25) is 4.79 Å². The van der Waals surface area contributed by atoms with Gasteiger partial charge in [0.25, 0.3) is 0 Å². The predicted molar refractivity (Wildman–Crippen MR) is 56.8 cm³/mol. The molecule has 0 heterocycles. The number of carbonyl (C=O) groups is 1. The SMILES string of the molecule is O=C(CC1CCCCC1)OCC(F)(F)S(=O)(=O)[O-].[Na+]. The number of esters is 1. The van der Waals surface area contributed by atoms with Gasteiger partial charge in [-0.25, -0.2) is 8.42 Å². The van der Waals surface area contributed by atoms with Crippen LogP contribution in [-0.2, 0) is 19.6 Å². The standard InChI is InChI=1S/C10H16F2O5S.Na/c11-10(12,18(14,15)16)7-17-9(13)6-8-4-2-1-3-5-8;/h8H,1-7H2,(H,14,15,16);/q;+1/p-1. The molecule has 0 atom stereocenters. The van der Waals surface area contributed by atoms with Crippen LogP contribution in [0, 0.1) is 5.92 Å². The number of hydrogen-bond donors (Lipinski definition) is 0. The molecule has 0 radical (unpaired) electrons. The van der Waals surface area contributed by atoms with Crippen molar-refractivity contribution >= 4 is 16.1 Å². The molecule has 0 saturated heterocycles. The maximum absolute atomic E-state index is 12.7. The summed E-state index contributed by atoms with van der Waals surface area (Å²) < 4.78 is 60.0. The summed E-state index contributed by atoms with van der Waals surface area (Å²) >= 11 is 0. The van der Waals surface area contributed by atoms with Crippen molar-refractivity contribution < 1.29 is 60.8 Å². The van der Waals surface area contributed by atoms with E-state index in [2.05, 4.69) is 4.74 Å². The Morgan fingerprint density at radius 1 is 1.26 bits per heavy atom. The maximum atomic E-state index is 12.7. The Hall–Kier alpha value is 0.240. The Bertz CT molecular complexity index is 393. The molecular weight excluding hydrogens is 293 g/mol. The summed E-state index contributed by atoms with van der Waals surface area (Å²) in [6, 6.07) is 0. The quantitative estimate of drug-likeness (QED) is 0.356. The molecule has 0 aromatic rings. The van der Waals surface area contributed by atoms with Crippen molar-refractivity contribution in [2.45, 2.75) is 43.8 Å². The van der Waals surface area contributed by atoms with Crippen LogP contribution in [0.5, 0.6) is 0 Å². The second-order valence-corrected chi connectivity index (χ2v) is 5.97. The molecule has 0 unspecified atom stereocenters. The van der Waals surface area contributed by atoms with Crippen LogP contribution < -0.4 is 29.6 Å². The molecule has 1 saturated carbocycles. The smallest absolute Gasteiger partial charge is 0.743 e. The Balaban J connectivity index is 0.00000324. The van der Waals surface area contributed by atoms with E-state index in [1.54, 1.807) is 0 Å². The molecule has 1 fully saturated rings. The second-order valence-electron chi connectivity index (χ2n) is 4.46. The zero-order chi connectivity index (χ0) is 13.8. The first-order chi connectivity index (χ1) is 8.22. The van der Waals surface area contributed by atoms with Crippen molar-refractivity contribution in [2.75, 3.05) is 6.61 Å². The molecule has 0 amide bonds. The minimum absolute atomic E-state index is 0. The predicted octanol–water partition coefficient (Wildman–Crippen LogP) is -1.36. The summed E-state index contributed by atoms with van der Waals surface area (Å²) in [7, 11) is -5.79. The molecule has 0 aromatic heterocycles. The molecule has 0 aliphatic heterocycles. The van der Waals surface area contributed by atoms with Crippen molar-refractivity contribution in [3.8, 4) is 0 Å². The van der Waals surface area contributed by atoms with Crippen molar-refractivity contribution in [3.05, 3.63) is 0 Å². The number of halogens is 2. The minimum atomic E-state index is -5.79. The number of ether oxygens (including phenoxy) is 1. The Morgan fingerprint density at radius 2 is 1.79 bits per heavy atom. The van der Waals surface area contributed by atoms with Crippen LogP contribution in [0.15, 0.2) is 0 Å². The Morgan fingerprint density at radius 3 is 2.26 bits per heavy atom. The molecule has 106 valence electrons. The van der Waals surface area contributed by atoms with Crippen LogP contribution in [0.2, 0.25) is 0 Å². The van der Waals surface area contributed by atoms with Gasteiger partial charge in [-0.1, -0.05) is 19.3 Å². The topological polar surface area (TPSA) is 83.5 Å². The van der Waals surface area contributed by atoms with Crippen LogP contribution >= 0.6 is 0 Å². The summed E-state index contributed by atoms with van der Waals surface area (Å²) in [6.07, 6.45) is 4.75. The first-order valence-corrected chi connectivity index (χ1v) is 7.12. The van der Waals surface area contributed by atoms with Crippen LogP contribution in [0.3, 0.4) is 0 Å². The maximum Gasteiger partial charge on any atom is 1.00 e. The van der Waals surface area contributed by atoms with Gasteiger partial charge in [-0.05, 0) is 18.8 Å². The summed E-state index contributed by atoms with van der Waals surface area (Å²) in [5, 5.41) is -4.56. The van der Waals surface area contributed by atoms with Crippen LogP contribution in [0.1, 0.15) is 38.5 Å². The largest absolute Gasteiger partial charge is 1.00 e. The summed E-state index contributed by atoms with van der Waals surface area (Å²) in [5.41, 5.74) is 0. The van der Waals surface area contributed by atoms with Gasteiger partial charge in [-0.15, -0.1) is 0 Å². The van der Waals surface area contributed by atoms with Gasteiger partial charge in [0.1, 0.15) is 0 Å². The van der Waals surface area contributed by atoms with Gasteiger partial charge in [0, 0.05) is 6.42 Å². The van der Waals surface area contributed by atoms with Gasteiger partial charge < -0.3 is 9.29 Å². The first kappa shape index (κ1) is 19.2. The molecule has 0 aromatic carbocycles. The average Bonchev–Trinajstić information content (AvgIpc) is 2.26. The monoisotopic (exact) mass is 308 g/mol. The van der Waals surface area contributed by atoms with Gasteiger partial charge in [0.15, 0.2) is 16.7 Å². The van der Waals surface area contributed by atoms with Crippen molar-refractivity contribution in [1.82, 2.24) is 0 Å². The molecule has 0 spiro atoms. The second kappa shape index (κ2) is 7.87. The molecule has 1 aliphatic carbocycles. The van der Waals surface area contributed by atoms with Gasteiger partial charge in [0.2, 0.25) is 0 Å². The number of hydrogen-bond acceptors (Lipinski definition) is 5. The van der Waals surface area contributed by atoms with Crippen molar-refractivity contribution in [3.63, 3.8) is 0 Å². The van der Waals surface area contributed by atoms with Gasteiger partial charge in [0.05, 0.1) is 0 Å². The first-order valence-electron chi connectivity index (χ1n) is 5.71. The molecule has 0 bridgehead atoms. The third-order valence-electron chi connectivity index (χ3n) is 2.95. The van der Waals surface area contributed by atoms with E-state index < -0.39 is 27.9 Å². The Kier molecular flexibility index (Phi) is 7.97. The molecular formula is C10H15F2NaO5S. The average molecular weight is 308 g/mol. The third kappa shape index (κ3) is 6.48. The van der Waals surface area contributed by atoms with E-state index in [0.717, 1.165) is 32.1 Å². The minimum Gasteiger partial charge on any atom is -0.743 e. The number of rotatable bonds is 5. The van der Waals surface area contributed by atoms with E-state index in [1.807, 2.05) is 0 Å². The molecule has 5 nitrogen and oxygen atoms in total. The zero-order valence-electron chi connectivity index (χ0n) is 10.7. The van der Waals surface area contributed by atoms with Gasteiger partial charge >= 0.3 is 40.8 Å². The normalized spacial score (nSPS) is 17.6. The fourth-order valence-corrected chi connectivity index (χ4v) is 2.13. The van der Waals surface area contributed by atoms with Crippen molar-refractivity contribution in [2.24, 2.45) is 5.92 Å². The molecule has 1 rings (SSSR count). The number of alkyl halides is 2. The van der Waals surface area contributed by atoms with E-state index >= 15 is 0 Å². The van der Waals surface area contributed by atoms with E-state index in [4.69, 9.17) is 0 Å². The molecule has 0 N–H and O–H groups in total. The fourth-order valence-electron chi connectivity index (χ4n) is 1.92. The Labute approximate surface area is 133 Å². The van der Waals surface area contributed by atoms with E-state index in [1.165, 1.54) is 0 Å². The summed E-state index contributed by atoms with van der Waals surface area (Å²) in [5.74, 6) is -0.783. The molecule has 9 heteroatoms. The van der Waals surface area contributed by atoms with E-state index in [0.29, 0.717) is 0 Å². The van der Waals surface area contributed by atoms with Crippen molar-refractivity contribution in [1.29, 1.82) is 0 Å². The van der Waals surface area contributed by atoms with E-state index in [-0.39, 0.29) is 41.9 Å². The summed E-state index contributed by atoms with van der Waals surface area (Å²) in [4.78, 5) is 11.2.